The Kier molecular flexibility index (Phi) is 5.27. The molecule has 0 aliphatic carbocycles. The topological polar surface area (TPSA) is 41.6 Å². The smallest absolute Gasteiger partial charge is 0.196 e. The van der Waals surface area contributed by atoms with Gasteiger partial charge in [0.25, 0.3) is 0 Å². The van der Waals surface area contributed by atoms with Crippen LogP contribution in [0, 0.1) is 6.92 Å². The maximum Gasteiger partial charge on any atom is 0.196 e. The van der Waals surface area contributed by atoms with E-state index in [0.717, 1.165) is 18.7 Å². The Morgan fingerprint density at radius 3 is 2.48 bits per heavy atom. The summed E-state index contributed by atoms with van der Waals surface area (Å²) in [5.74, 6) is 0.662. The highest BCUT2D eigenvalue weighted by Gasteiger charge is 2.38. The first-order chi connectivity index (χ1) is 10.1. The summed E-state index contributed by atoms with van der Waals surface area (Å²) in [5.41, 5.74) is 8.62. The fraction of sp³-hybridized carbons (Fsp3) is 0.611. The number of hydrogen-bond donors (Lipinski definition) is 1. The molecule has 0 saturated carbocycles. The van der Waals surface area contributed by atoms with Crippen molar-refractivity contribution in [3.05, 3.63) is 29.8 Å². The molecular formula is C18H29N3. The molecule has 2 rings (SSSR count). The van der Waals surface area contributed by atoms with Gasteiger partial charge in [0.05, 0.1) is 12.1 Å². The molecule has 116 valence electrons. The predicted octanol–water partition coefficient (Wildman–Crippen LogP) is 4.25. The van der Waals surface area contributed by atoms with Gasteiger partial charge in [-0.1, -0.05) is 56.7 Å². The molecule has 0 bridgehead atoms. The van der Waals surface area contributed by atoms with Crippen molar-refractivity contribution in [2.75, 3.05) is 11.4 Å². The number of rotatable bonds is 7. The molecule has 1 aromatic carbocycles. The van der Waals surface area contributed by atoms with Crippen LogP contribution in [0.25, 0.3) is 0 Å². The molecule has 3 nitrogen and oxygen atoms in total. The van der Waals surface area contributed by atoms with E-state index >= 15 is 0 Å². The van der Waals surface area contributed by atoms with Crippen molar-refractivity contribution >= 4 is 11.6 Å². The molecule has 0 radical (unpaired) electrons. The van der Waals surface area contributed by atoms with Gasteiger partial charge in [-0.05, 0) is 32.4 Å². The zero-order chi connectivity index (χ0) is 15.3. The SMILES string of the molecule is CCCCCCCC1(C)CN=C(N)N1c1ccc(C)cc1. The number of aliphatic imine (C=N–C) groups is 1. The van der Waals surface area contributed by atoms with E-state index in [1.54, 1.807) is 0 Å². The first-order valence-electron chi connectivity index (χ1n) is 8.23. The number of nitrogens with two attached hydrogens (primary N) is 1. The van der Waals surface area contributed by atoms with E-state index in [1.807, 2.05) is 0 Å². The fourth-order valence-corrected chi connectivity index (χ4v) is 3.11. The van der Waals surface area contributed by atoms with Gasteiger partial charge in [0.2, 0.25) is 0 Å². The summed E-state index contributed by atoms with van der Waals surface area (Å²) in [6, 6.07) is 8.59. The van der Waals surface area contributed by atoms with Crippen LogP contribution < -0.4 is 10.6 Å². The van der Waals surface area contributed by atoms with E-state index in [-0.39, 0.29) is 5.54 Å². The van der Waals surface area contributed by atoms with Crippen molar-refractivity contribution in [2.45, 2.75) is 64.8 Å². The number of hydrogen-bond acceptors (Lipinski definition) is 3. The summed E-state index contributed by atoms with van der Waals surface area (Å²) in [6.07, 6.45) is 7.69. The van der Waals surface area contributed by atoms with E-state index in [9.17, 15) is 0 Å². The molecule has 1 atom stereocenters. The summed E-state index contributed by atoms with van der Waals surface area (Å²) in [4.78, 5) is 6.73. The number of aryl methyl sites for hydroxylation is 1. The van der Waals surface area contributed by atoms with Crippen LogP contribution in [0.1, 0.15) is 57.9 Å². The standard InChI is InChI=1S/C18H29N3/c1-4-5-6-7-8-13-18(3)14-20-17(19)21(18)16-11-9-15(2)10-12-16/h9-12H,4-8,13-14H2,1-3H3,(H2,19,20). The van der Waals surface area contributed by atoms with E-state index in [4.69, 9.17) is 5.73 Å². The highest BCUT2D eigenvalue weighted by Crippen LogP contribution is 2.32. The van der Waals surface area contributed by atoms with Crippen molar-refractivity contribution in [1.82, 2.24) is 0 Å². The van der Waals surface area contributed by atoms with Crippen LogP contribution in [0.2, 0.25) is 0 Å². The van der Waals surface area contributed by atoms with E-state index in [1.165, 1.54) is 37.7 Å². The lowest BCUT2D eigenvalue weighted by molar-refractivity contribution is 0.433. The Morgan fingerprint density at radius 1 is 1.14 bits per heavy atom. The van der Waals surface area contributed by atoms with Crippen LogP contribution in [0.5, 0.6) is 0 Å². The third-order valence-electron chi connectivity index (χ3n) is 4.46. The van der Waals surface area contributed by atoms with E-state index < -0.39 is 0 Å². The Hall–Kier alpha value is -1.51. The third kappa shape index (κ3) is 3.78. The van der Waals surface area contributed by atoms with Crippen molar-refractivity contribution < 1.29 is 0 Å². The number of unbranched alkanes of at least 4 members (excludes halogenated alkanes) is 4. The average Bonchev–Trinajstić information content (AvgIpc) is 2.76. The number of benzene rings is 1. The van der Waals surface area contributed by atoms with Crippen molar-refractivity contribution in [2.24, 2.45) is 10.7 Å². The molecule has 2 N–H and O–H groups in total. The van der Waals surface area contributed by atoms with Gasteiger partial charge in [0, 0.05) is 5.69 Å². The molecule has 1 heterocycles. The van der Waals surface area contributed by atoms with E-state index in [2.05, 4.69) is 54.9 Å². The molecule has 1 unspecified atom stereocenters. The van der Waals surface area contributed by atoms with Crippen LogP contribution >= 0.6 is 0 Å². The molecule has 0 spiro atoms. The zero-order valence-electron chi connectivity index (χ0n) is 13.7. The Bertz CT molecular complexity index is 478. The maximum atomic E-state index is 6.15. The molecule has 1 aliphatic heterocycles. The van der Waals surface area contributed by atoms with Crippen LogP contribution in [-0.2, 0) is 0 Å². The lowest BCUT2D eigenvalue weighted by Gasteiger charge is -2.36. The largest absolute Gasteiger partial charge is 0.369 e. The van der Waals surface area contributed by atoms with Gasteiger partial charge < -0.3 is 10.6 Å². The summed E-state index contributed by atoms with van der Waals surface area (Å²) in [7, 11) is 0. The van der Waals surface area contributed by atoms with Crippen LogP contribution in [-0.4, -0.2) is 18.0 Å². The molecule has 0 fully saturated rings. The predicted molar refractivity (Wildman–Crippen MR) is 91.9 cm³/mol. The summed E-state index contributed by atoms with van der Waals surface area (Å²) < 4.78 is 0. The van der Waals surface area contributed by atoms with Crippen LogP contribution in [0.3, 0.4) is 0 Å². The van der Waals surface area contributed by atoms with Gasteiger partial charge in [0.1, 0.15) is 0 Å². The second-order valence-electron chi connectivity index (χ2n) is 6.51. The first-order valence-corrected chi connectivity index (χ1v) is 8.23. The van der Waals surface area contributed by atoms with Gasteiger partial charge in [-0.25, -0.2) is 0 Å². The molecule has 0 amide bonds. The van der Waals surface area contributed by atoms with Crippen molar-refractivity contribution in [3.8, 4) is 0 Å². The molecule has 3 heteroatoms. The minimum atomic E-state index is 0.0333. The normalized spacial score (nSPS) is 21.7. The van der Waals surface area contributed by atoms with Crippen molar-refractivity contribution in [3.63, 3.8) is 0 Å². The highest BCUT2D eigenvalue weighted by atomic mass is 15.4. The summed E-state index contributed by atoms with van der Waals surface area (Å²) in [6.45, 7) is 7.46. The average molecular weight is 287 g/mol. The Labute approximate surface area is 129 Å². The first kappa shape index (κ1) is 15.9. The maximum absolute atomic E-state index is 6.15. The van der Waals surface area contributed by atoms with Gasteiger partial charge in [-0.3, -0.25) is 4.99 Å². The fourth-order valence-electron chi connectivity index (χ4n) is 3.11. The van der Waals surface area contributed by atoms with Gasteiger partial charge >= 0.3 is 0 Å². The minimum absolute atomic E-state index is 0.0333. The van der Waals surface area contributed by atoms with Gasteiger partial charge in [0.15, 0.2) is 5.96 Å². The number of anilines is 1. The Balaban J connectivity index is 2.02. The van der Waals surface area contributed by atoms with Crippen LogP contribution in [0.15, 0.2) is 29.3 Å². The lowest BCUT2D eigenvalue weighted by atomic mass is 9.92. The zero-order valence-corrected chi connectivity index (χ0v) is 13.7. The lowest BCUT2D eigenvalue weighted by Crippen LogP contribution is -2.49. The van der Waals surface area contributed by atoms with Gasteiger partial charge in [-0.15, -0.1) is 0 Å². The van der Waals surface area contributed by atoms with Crippen molar-refractivity contribution in [1.29, 1.82) is 0 Å². The third-order valence-corrected chi connectivity index (χ3v) is 4.46. The molecule has 1 aromatic rings. The second-order valence-corrected chi connectivity index (χ2v) is 6.51. The second kappa shape index (κ2) is 6.97. The molecule has 21 heavy (non-hydrogen) atoms. The molecule has 0 saturated heterocycles. The number of guanidine groups is 1. The summed E-state index contributed by atoms with van der Waals surface area (Å²) in [5, 5.41) is 0. The molecule has 1 aliphatic rings. The molecule has 0 aromatic heterocycles. The Morgan fingerprint density at radius 2 is 1.81 bits per heavy atom. The summed E-state index contributed by atoms with van der Waals surface area (Å²) >= 11 is 0. The van der Waals surface area contributed by atoms with Crippen LogP contribution in [0.4, 0.5) is 5.69 Å². The number of nitrogens with zero attached hydrogens (tertiary/aromatic N) is 2. The van der Waals surface area contributed by atoms with Gasteiger partial charge in [-0.2, -0.15) is 0 Å². The highest BCUT2D eigenvalue weighted by molar-refractivity contribution is 5.98. The van der Waals surface area contributed by atoms with E-state index in [0.29, 0.717) is 5.96 Å². The quantitative estimate of drug-likeness (QED) is 0.762. The minimum Gasteiger partial charge on any atom is -0.369 e. The molecular weight excluding hydrogens is 258 g/mol. The monoisotopic (exact) mass is 287 g/mol.